The number of nitro groups is 1. The highest BCUT2D eigenvalue weighted by molar-refractivity contribution is 7.14. The molecule has 7 heteroatoms. The second-order valence-electron chi connectivity index (χ2n) is 4.27. The molecule has 1 N–H and O–H groups in total. The van der Waals surface area contributed by atoms with E-state index in [0.29, 0.717) is 0 Å². The Kier molecular flexibility index (Phi) is 4.75. The summed E-state index contributed by atoms with van der Waals surface area (Å²) in [5.74, 6) is 0. The van der Waals surface area contributed by atoms with Gasteiger partial charge in [-0.2, -0.15) is 0 Å². The maximum atomic E-state index is 10.6. The average molecular weight is 292 g/mol. The Morgan fingerprint density at radius 2 is 2.00 bits per heavy atom. The predicted molar refractivity (Wildman–Crippen MR) is 78.7 cm³/mol. The number of nitro benzene ring substituents is 1. The zero-order valence-corrected chi connectivity index (χ0v) is 12.2. The van der Waals surface area contributed by atoms with Gasteiger partial charge in [0, 0.05) is 17.7 Å². The Balaban J connectivity index is 2.21. The number of non-ortho nitro benzene ring substituents is 1. The lowest BCUT2D eigenvalue weighted by Crippen LogP contribution is -2.19. The number of rotatable bonds is 6. The van der Waals surface area contributed by atoms with Crippen LogP contribution < -0.4 is 5.32 Å². The van der Waals surface area contributed by atoms with Crippen LogP contribution in [0.4, 0.5) is 5.69 Å². The van der Waals surface area contributed by atoms with Crippen molar-refractivity contribution < 1.29 is 4.92 Å². The van der Waals surface area contributed by atoms with E-state index in [1.807, 2.05) is 0 Å². The first-order valence-corrected chi connectivity index (χ1v) is 7.29. The third-order valence-electron chi connectivity index (χ3n) is 2.92. The van der Waals surface area contributed by atoms with Gasteiger partial charge in [0.25, 0.3) is 5.69 Å². The van der Waals surface area contributed by atoms with Crippen LogP contribution in [0, 0.1) is 10.1 Å². The lowest BCUT2D eigenvalue weighted by atomic mass is 10.2. The summed E-state index contributed by atoms with van der Waals surface area (Å²) in [7, 11) is 0. The van der Waals surface area contributed by atoms with Gasteiger partial charge in [0.05, 0.1) is 11.0 Å². The maximum absolute atomic E-state index is 10.6. The SMILES string of the molecule is CCNC(CC)c1nnc(-c2ccc([N+](=O)[O-])cc2)s1. The van der Waals surface area contributed by atoms with Crippen LogP contribution in [0.2, 0.25) is 0 Å². The summed E-state index contributed by atoms with van der Waals surface area (Å²) in [6.45, 7) is 5.03. The first-order valence-electron chi connectivity index (χ1n) is 6.47. The lowest BCUT2D eigenvalue weighted by Gasteiger charge is -2.10. The largest absolute Gasteiger partial charge is 0.308 e. The van der Waals surface area contributed by atoms with Gasteiger partial charge in [-0.05, 0) is 25.1 Å². The van der Waals surface area contributed by atoms with Gasteiger partial charge in [0.2, 0.25) is 0 Å². The number of nitrogens with one attached hydrogen (secondary N) is 1. The molecular weight excluding hydrogens is 276 g/mol. The van der Waals surface area contributed by atoms with Crippen LogP contribution in [-0.2, 0) is 0 Å². The summed E-state index contributed by atoms with van der Waals surface area (Å²) in [5, 5.41) is 24.1. The molecule has 0 fully saturated rings. The Bertz CT molecular complexity index is 582. The number of hydrogen-bond acceptors (Lipinski definition) is 6. The maximum Gasteiger partial charge on any atom is 0.269 e. The van der Waals surface area contributed by atoms with Gasteiger partial charge in [-0.3, -0.25) is 10.1 Å². The molecule has 1 atom stereocenters. The summed E-state index contributed by atoms with van der Waals surface area (Å²) in [6.07, 6.45) is 0.947. The number of aromatic nitrogens is 2. The zero-order valence-electron chi connectivity index (χ0n) is 11.4. The number of benzene rings is 1. The second kappa shape index (κ2) is 6.53. The Morgan fingerprint density at radius 3 is 2.55 bits per heavy atom. The van der Waals surface area contributed by atoms with E-state index in [-0.39, 0.29) is 11.7 Å². The van der Waals surface area contributed by atoms with Crippen LogP contribution in [0.25, 0.3) is 10.6 Å². The first-order chi connectivity index (χ1) is 9.65. The summed E-state index contributed by atoms with van der Waals surface area (Å²) in [6, 6.07) is 6.59. The van der Waals surface area contributed by atoms with Crippen molar-refractivity contribution in [1.82, 2.24) is 15.5 Å². The molecule has 2 rings (SSSR count). The highest BCUT2D eigenvalue weighted by Crippen LogP contribution is 2.29. The molecular formula is C13H16N4O2S. The van der Waals surface area contributed by atoms with Gasteiger partial charge in [-0.25, -0.2) is 0 Å². The molecule has 1 heterocycles. The molecule has 0 amide bonds. The molecule has 6 nitrogen and oxygen atoms in total. The Labute approximate surface area is 121 Å². The minimum atomic E-state index is -0.409. The molecule has 0 saturated carbocycles. The van der Waals surface area contributed by atoms with E-state index >= 15 is 0 Å². The average Bonchev–Trinajstić information content (AvgIpc) is 2.94. The third-order valence-corrected chi connectivity index (χ3v) is 4.01. The van der Waals surface area contributed by atoms with Gasteiger partial charge < -0.3 is 5.32 Å². The monoisotopic (exact) mass is 292 g/mol. The highest BCUT2D eigenvalue weighted by atomic mass is 32.1. The topological polar surface area (TPSA) is 81.0 Å². The number of nitrogens with zero attached hydrogens (tertiary/aromatic N) is 3. The zero-order chi connectivity index (χ0) is 14.5. The second-order valence-corrected chi connectivity index (χ2v) is 5.28. The van der Waals surface area contributed by atoms with E-state index in [2.05, 4.69) is 29.4 Å². The summed E-state index contributed by atoms with van der Waals surface area (Å²) >= 11 is 1.52. The van der Waals surface area contributed by atoms with Crippen LogP contribution in [0.15, 0.2) is 24.3 Å². The van der Waals surface area contributed by atoms with E-state index in [1.54, 1.807) is 12.1 Å². The quantitative estimate of drug-likeness (QED) is 0.653. The van der Waals surface area contributed by atoms with Crippen LogP contribution in [0.5, 0.6) is 0 Å². The summed E-state index contributed by atoms with van der Waals surface area (Å²) < 4.78 is 0. The van der Waals surface area contributed by atoms with Crippen molar-refractivity contribution in [2.75, 3.05) is 6.54 Å². The van der Waals surface area contributed by atoms with E-state index in [4.69, 9.17) is 0 Å². The summed E-state index contributed by atoms with van der Waals surface area (Å²) in [4.78, 5) is 10.2. The van der Waals surface area contributed by atoms with Crippen LogP contribution in [0.3, 0.4) is 0 Å². The third kappa shape index (κ3) is 3.17. The Morgan fingerprint density at radius 1 is 1.30 bits per heavy atom. The van der Waals surface area contributed by atoms with Gasteiger partial charge in [-0.1, -0.05) is 25.2 Å². The van der Waals surface area contributed by atoms with Gasteiger partial charge >= 0.3 is 0 Å². The van der Waals surface area contributed by atoms with Gasteiger partial charge in [0.1, 0.15) is 10.0 Å². The smallest absolute Gasteiger partial charge is 0.269 e. The number of hydrogen-bond donors (Lipinski definition) is 1. The molecule has 1 unspecified atom stereocenters. The predicted octanol–water partition coefficient (Wildman–Crippen LogP) is 3.17. The van der Waals surface area contributed by atoms with E-state index in [9.17, 15) is 10.1 Å². The molecule has 2 aromatic rings. The van der Waals surface area contributed by atoms with Gasteiger partial charge in [0.15, 0.2) is 0 Å². The standard InChI is InChI=1S/C13H16N4O2S/c1-3-11(14-4-2)13-16-15-12(20-13)9-5-7-10(8-6-9)17(18)19/h5-8,11,14H,3-4H2,1-2H3. The fourth-order valence-corrected chi connectivity index (χ4v) is 2.88. The summed E-state index contributed by atoms with van der Waals surface area (Å²) in [5.41, 5.74) is 0.934. The molecule has 1 aromatic carbocycles. The molecule has 0 aliphatic heterocycles. The Hall–Kier alpha value is -1.86. The molecule has 0 radical (unpaired) electrons. The van der Waals surface area contributed by atoms with Crippen molar-refractivity contribution in [3.8, 4) is 10.6 Å². The van der Waals surface area contributed by atoms with Crippen molar-refractivity contribution in [3.63, 3.8) is 0 Å². The van der Waals surface area contributed by atoms with E-state index < -0.39 is 4.92 Å². The van der Waals surface area contributed by atoms with Crippen LogP contribution in [0.1, 0.15) is 31.3 Å². The molecule has 0 bridgehead atoms. The first kappa shape index (κ1) is 14.5. The molecule has 0 aliphatic rings. The van der Waals surface area contributed by atoms with Crippen molar-refractivity contribution in [3.05, 3.63) is 39.4 Å². The normalized spacial score (nSPS) is 12.3. The fourth-order valence-electron chi connectivity index (χ4n) is 1.87. The van der Waals surface area contributed by atoms with E-state index in [0.717, 1.165) is 28.5 Å². The van der Waals surface area contributed by atoms with Crippen molar-refractivity contribution >= 4 is 17.0 Å². The highest BCUT2D eigenvalue weighted by Gasteiger charge is 2.15. The van der Waals surface area contributed by atoms with Crippen LogP contribution in [-0.4, -0.2) is 21.7 Å². The molecule has 20 heavy (non-hydrogen) atoms. The molecule has 1 aromatic heterocycles. The van der Waals surface area contributed by atoms with Crippen molar-refractivity contribution in [1.29, 1.82) is 0 Å². The molecule has 0 spiro atoms. The minimum absolute atomic E-state index is 0.0811. The molecule has 0 saturated heterocycles. The molecule has 106 valence electrons. The minimum Gasteiger partial charge on any atom is -0.308 e. The lowest BCUT2D eigenvalue weighted by molar-refractivity contribution is -0.384. The van der Waals surface area contributed by atoms with Gasteiger partial charge in [-0.15, -0.1) is 10.2 Å². The molecule has 0 aliphatic carbocycles. The van der Waals surface area contributed by atoms with Crippen molar-refractivity contribution in [2.45, 2.75) is 26.3 Å². The fraction of sp³-hybridized carbons (Fsp3) is 0.385. The van der Waals surface area contributed by atoms with E-state index in [1.165, 1.54) is 23.5 Å². The van der Waals surface area contributed by atoms with Crippen LogP contribution >= 0.6 is 11.3 Å². The van der Waals surface area contributed by atoms with Crippen molar-refractivity contribution in [2.24, 2.45) is 0 Å².